The first-order valence-electron chi connectivity index (χ1n) is 6.67. The van der Waals surface area contributed by atoms with E-state index in [1.54, 1.807) is 31.5 Å². The third-order valence-electron chi connectivity index (χ3n) is 3.05. The molecule has 0 bridgehead atoms. The second-order valence-corrected chi connectivity index (χ2v) is 4.61. The summed E-state index contributed by atoms with van der Waals surface area (Å²) in [6, 6.07) is 9.78. The molecule has 110 valence electrons. The van der Waals surface area contributed by atoms with Crippen LogP contribution in [0.15, 0.2) is 42.6 Å². The number of pyridine rings is 1. The van der Waals surface area contributed by atoms with Gasteiger partial charge in [0.25, 0.3) is 0 Å². The van der Waals surface area contributed by atoms with Crippen molar-refractivity contribution in [2.24, 2.45) is 0 Å². The highest BCUT2D eigenvalue weighted by Crippen LogP contribution is 2.07. The van der Waals surface area contributed by atoms with Gasteiger partial charge in [0, 0.05) is 25.2 Å². The quantitative estimate of drug-likeness (QED) is 0.888. The molecule has 1 heterocycles. The molecule has 2 aromatic rings. The van der Waals surface area contributed by atoms with Crippen molar-refractivity contribution in [1.82, 2.24) is 10.3 Å². The summed E-state index contributed by atoms with van der Waals surface area (Å²) in [6.45, 7) is 0.430. The van der Waals surface area contributed by atoms with Crippen LogP contribution in [0.25, 0.3) is 0 Å². The number of rotatable bonds is 6. The maximum absolute atomic E-state index is 12.8. The molecule has 0 radical (unpaired) electrons. The molecule has 0 saturated carbocycles. The van der Waals surface area contributed by atoms with Crippen LogP contribution < -0.4 is 10.1 Å². The molecule has 5 heteroatoms. The first kappa shape index (κ1) is 15.0. The van der Waals surface area contributed by atoms with E-state index < -0.39 is 0 Å². The Morgan fingerprint density at radius 1 is 1.19 bits per heavy atom. The van der Waals surface area contributed by atoms with Crippen LogP contribution >= 0.6 is 0 Å². The van der Waals surface area contributed by atoms with E-state index >= 15 is 0 Å². The first-order chi connectivity index (χ1) is 10.2. The molecule has 0 spiro atoms. The van der Waals surface area contributed by atoms with Crippen LogP contribution in [-0.4, -0.2) is 18.0 Å². The molecule has 0 saturated heterocycles. The first-order valence-corrected chi connectivity index (χ1v) is 6.67. The fourth-order valence-corrected chi connectivity index (χ4v) is 1.83. The van der Waals surface area contributed by atoms with Gasteiger partial charge in [0.2, 0.25) is 11.8 Å². The number of amides is 1. The number of hydrogen-bond donors (Lipinski definition) is 1. The molecule has 21 heavy (non-hydrogen) atoms. The Kier molecular flexibility index (Phi) is 5.26. The predicted molar refractivity (Wildman–Crippen MR) is 77.4 cm³/mol. The minimum atomic E-state index is -0.268. The van der Waals surface area contributed by atoms with E-state index in [4.69, 9.17) is 4.74 Å². The maximum atomic E-state index is 12.8. The SMILES string of the molecule is COc1ccc(CNC(=O)CCc2ccc(F)cc2)cn1. The number of ether oxygens (including phenoxy) is 1. The highest BCUT2D eigenvalue weighted by molar-refractivity contribution is 5.76. The van der Waals surface area contributed by atoms with Crippen LogP contribution in [0.3, 0.4) is 0 Å². The predicted octanol–water partition coefficient (Wildman–Crippen LogP) is 2.48. The molecule has 0 fully saturated rings. The summed E-state index contributed by atoms with van der Waals surface area (Å²) in [6.07, 6.45) is 2.63. The highest BCUT2D eigenvalue weighted by Gasteiger charge is 2.03. The Morgan fingerprint density at radius 3 is 2.52 bits per heavy atom. The summed E-state index contributed by atoms with van der Waals surface area (Å²) in [5.41, 5.74) is 1.85. The highest BCUT2D eigenvalue weighted by atomic mass is 19.1. The molecule has 0 atom stereocenters. The van der Waals surface area contributed by atoms with Crippen molar-refractivity contribution in [2.75, 3.05) is 7.11 Å². The molecule has 1 amide bonds. The Hall–Kier alpha value is -2.43. The van der Waals surface area contributed by atoms with Crippen LogP contribution in [0.1, 0.15) is 17.5 Å². The van der Waals surface area contributed by atoms with Gasteiger partial charge in [0.05, 0.1) is 7.11 Å². The van der Waals surface area contributed by atoms with Crippen molar-refractivity contribution in [3.63, 3.8) is 0 Å². The molecule has 0 aliphatic carbocycles. The van der Waals surface area contributed by atoms with E-state index in [9.17, 15) is 9.18 Å². The van der Waals surface area contributed by atoms with E-state index in [2.05, 4.69) is 10.3 Å². The fourth-order valence-electron chi connectivity index (χ4n) is 1.83. The number of nitrogens with one attached hydrogen (secondary N) is 1. The minimum Gasteiger partial charge on any atom is -0.481 e. The second kappa shape index (κ2) is 7.38. The molecule has 1 aromatic carbocycles. The topological polar surface area (TPSA) is 51.2 Å². The third kappa shape index (κ3) is 4.87. The van der Waals surface area contributed by atoms with Crippen molar-refractivity contribution >= 4 is 5.91 Å². The largest absolute Gasteiger partial charge is 0.481 e. The number of nitrogens with zero attached hydrogens (tertiary/aromatic N) is 1. The maximum Gasteiger partial charge on any atom is 0.220 e. The molecular formula is C16H17FN2O2. The number of aromatic nitrogens is 1. The lowest BCUT2D eigenvalue weighted by molar-refractivity contribution is -0.121. The van der Waals surface area contributed by atoms with Gasteiger partial charge in [-0.15, -0.1) is 0 Å². The van der Waals surface area contributed by atoms with Gasteiger partial charge in [-0.2, -0.15) is 0 Å². The number of carbonyl (C=O) groups excluding carboxylic acids is 1. The van der Waals surface area contributed by atoms with Crippen molar-refractivity contribution in [3.05, 3.63) is 59.5 Å². The summed E-state index contributed by atoms with van der Waals surface area (Å²) in [5, 5.41) is 2.82. The van der Waals surface area contributed by atoms with E-state index in [-0.39, 0.29) is 11.7 Å². The summed E-state index contributed by atoms with van der Waals surface area (Å²) in [5.74, 6) is 0.228. The Morgan fingerprint density at radius 2 is 1.90 bits per heavy atom. The van der Waals surface area contributed by atoms with E-state index in [1.165, 1.54) is 12.1 Å². The van der Waals surface area contributed by atoms with Gasteiger partial charge in [-0.25, -0.2) is 9.37 Å². The molecule has 4 nitrogen and oxygen atoms in total. The van der Waals surface area contributed by atoms with Crippen LogP contribution in [0.5, 0.6) is 5.88 Å². The summed E-state index contributed by atoms with van der Waals surface area (Å²) in [4.78, 5) is 15.8. The molecule has 0 unspecified atom stereocenters. The third-order valence-corrected chi connectivity index (χ3v) is 3.05. The number of halogens is 1. The van der Waals surface area contributed by atoms with Gasteiger partial charge < -0.3 is 10.1 Å². The molecule has 0 aliphatic rings. The number of carbonyl (C=O) groups is 1. The number of hydrogen-bond acceptors (Lipinski definition) is 3. The van der Waals surface area contributed by atoms with E-state index in [0.717, 1.165) is 11.1 Å². The number of methoxy groups -OCH3 is 1. The molecule has 1 N–H and O–H groups in total. The number of aryl methyl sites for hydroxylation is 1. The molecular weight excluding hydrogens is 271 g/mol. The van der Waals surface area contributed by atoms with Gasteiger partial charge in [0.1, 0.15) is 5.82 Å². The second-order valence-electron chi connectivity index (χ2n) is 4.61. The zero-order valence-corrected chi connectivity index (χ0v) is 11.8. The number of benzene rings is 1. The van der Waals surface area contributed by atoms with Gasteiger partial charge >= 0.3 is 0 Å². The van der Waals surface area contributed by atoms with Crippen LogP contribution in [0, 0.1) is 5.82 Å². The Bertz CT molecular complexity index is 582. The average Bonchev–Trinajstić information content (AvgIpc) is 2.53. The fraction of sp³-hybridized carbons (Fsp3) is 0.250. The van der Waals surface area contributed by atoms with Gasteiger partial charge in [-0.1, -0.05) is 18.2 Å². The van der Waals surface area contributed by atoms with Crippen molar-refractivity contribution in [2.45, 2.75) is 19.4 Å². The molecule has 1 aromatic heterocycles. The standard InChI is InChI=1S/C16H17FN2O2/c1-21-16-9-5-13(11-19-16)10-18-15(20)8-4-12-2-6-14(17)7-3-12/h2-3,5-7,9,11H,4,8,10H2,1H3,(H,18,20). The summed E-state index contributed by atoms with van der Waals surface area (Å²) < 4.78 is 17.7. The Labute approximate surface area is 123 Å². The van der Waals surface area contributed by atoms with Gasteiger partial charge in [-0.3, -0.25) is 4.79 Å². The summed E-state index contributed by atoms with van der Waals surface area (Å²) in [7, 11) is 1.55. The van der Waals surface area contributed by atoms with Crippen LogP contribution in [0.2, 0.25) is 0 Å². The average molecular weight is 288 g/mol. The lowest BCUT2D eigenvalue weighted by Crippen LogP contribution is -2.23. The lowest BCUT2D eigenvalue weighted by Gasteiger charge is -2.06. The molecule has 2 rings (SSSR count). The smallest absolute Gasteiger partial charge is 0.220 e. The van der Waals surface area contributed by atoms with E-state index in [0.29, 0.717) is 25.3 Å². The van der Waals surface area contributed by atoms with Crippen molar-refractivity contribution < 1.29 is 13.9 Å². The normalized spacial score (nSPS) is 10.2. The van der Waals surface area contributed by atoms with Crippen molar-refractivity contribution in [1.29, 1.82) is 0 Å². The zero-order chi connectivity index (χ0) is 15.1. The zero-order valence-electron chi connectivity index (χ0n) is 11.8. The minimum absolute atomic E-state index is 0.0462. The lowest BCUT2D eigenvalue weighted by atomic mass is 10.1. The van der Waals surface area contributed by atoms with Crippen molar-refractivity contribution in [3.8, 4) is 5.88 Å². The molecule has 0 aliphatic heterocycles. The summed E-state index contributed by atoms with van der Waals surface area (Å²) >= 11 is 0. The van der Waals surface area contributed by atoms with Crippen LogP contribution in [0.4, 0.5) is 4.39 Å². The van der Waals surface area contributed by atoms with Crippen LogP contribution in [-0.2, 0) is 17.8 Å². The monoisotopic (exact) mass is 288 g/mol. The van der Waals surface area contributed by atoms with Gasteiger partial charge in [0.15, 0.2) is 0 Å². The van der Waals surface area contributed by atoms with Gasteiger partial charge in [-0.05, 0) is 29.7 Å². The Balaban J connectivity index is 1.75. The van der Waals surface area contributed by atoms with E-state index in [1.807, 2.05) is 6.07 Å².